The molecule has 2 aliphatic rings. The molecule has 0 aliphatic heterocycles. The molecule has 0 fully saturated rings. The van der Waals surface area contributed by atoms with Gasteiger partial charge in [-0.15, -0.1) is 0 Å². The Kier molecular flexibility index (Phi) is 2.08. The lowest BCUT2D eigenvalue weighted by atomic mass is 9.76. The molecule has 0 bridgehead atoms. The van der Waals surface area contributed by atoms with Gasteiger partial charge in [0.05, 0.1) is 0 Å². The summed E-state index contributed by atoms with van der Waals surface area (Å²) in [6, 6.07) is 3.00. The quantitative estimate of drug-likeness (QED) is 0.715. The highest BCUT2D eigenvalue weighted by atomic mass is 16.3. The maximum Gasteiger partial charge on any atom is 0.156 e. The Morgan fingerprint density at radius 1 is 1.18 bits per heavy atom. The fourth-order valence-electron chi connectivity index (χ4n) is 2.65. The van der Waals surface area contributed by atoms with Crippen molar-refractivity contribution in [1.82, 2.24) is 0 Å². The zero-order valence-electron chi connectivity index (χ0n) is 9.18. The van der Waals surface area contributed by atoms with Crippen LogP contribution in [0.15, 0.2) is 35.9 Å². The molecule has 3 heteroatoms. The molecule has 1 atom stereocenters. The number of allylic oxidation sites excluding steroid dienone is 4. The second-order valence-corrected chi connectivity index (χ2v) is 4.50. The Morgan fingerprint density at radius 2 is 2.00 bits per heavy atom. The third-order valence-corrected chi connectivity index (χ3v) is 3.40. The van der Waals surface area contributed by atoms with Gasteiger partial charge >= 0.3 is 0 Å². The van der Waals surface area contributed by atoms with Gasteiger partial charge < -0.3 is 10.2 Å². The first-order valence-corrected chi connectivity index (χ1v) is 5.61. The molecule has 2 aliphatic carbocycles. The summed E-state index contributed by atoms with van der Waals surface area (Å²) in [5, 5.41) is 19.4. The number of aromatic hydroxyl groups is 2. The highest BCUT2D eigenvalue weighted by Crippen LogP contribution is 2.43. The summed E-state index contributed by atoms with van der Waals surface area (Å²) >= 11 is 0. The van der Waals surface area contributed by atoms with Crippen LogP contribution in [0.3, 0.4) is 0 Å². The monoisotopic (exact) mass is 228 g/mol. The first-order chi connectivity index (χ1) is 8.15. The van der Waals surface area contributed by atoms with Crippen molar-refractivity contribution < 1.29 is 15.0 Å². The van der Waals surface area contributed by atoms with Gasteiger partial charge in [0.15, 0.2) is 5.78 Å². The van der Waals surface area contributed by atoms with Crippen molar-refractivity contribution in [1.29, 1.82) is 0 Å². The highest BCUT2D eigenvalue weighted by molar-refractivity contribution is 5.93. The average molecular weight is 228 g/mol. The fourth-order valence-corrected chi connectivity index (χ4v) is 2.65. The van der Waals surface area contributed by atoms with Crippen molar-refractivity contribution in [2.45, 2.75) is 18.8 Å². The van der Waals surface area contributed by atoms with E-state index in [0.717, 1.165) is 16.7 Å². The number of hydrogen-bond donors (Lipinski definition) is 2. The van der Waals surface area contributed by atoms with Crippen LogP contribution in [0.5, 0.6) is 11.5 Å². The molecule has 17 heavy (non-hydrogen) atoms. The summed E-state index contributed by atoms with van der Waals surface area (Å²) < 4.78 is 0. The lowest BCUT2D eigenvalue weighted by Gasteiger charge is -2.28. The minimum atomic E-state index is -0.0585. The predicted molar refractivity (Wildman–Crippen MR) is 63.1 cm³/mol. The number of carbonyl (C=O) groups excluding carboxylic acids is 1. The van der Waals surface area contributed by atoms with Crippen LogP contribution in [-0.4, -0.2) is 16.0 Å². The summed E-state index contributed by atoms with van der Waals surface area (Å²) in [6.07, 6.45) is 6.54. The van der Waals surface area contributed by atoms with Crippen molar-refractivity contribution in [2.75, 3.05) is 0 Å². The van der Waals surface area contributed by atoms with Gasteiger partial charge in [-0.05, 0) is 29.7 Å². The molecule has 0 amide bonds. The van der Waals surface area contributed by atoms with Gasteiger partial charge in [-0.2, -0.15) is 0 Å². The van der Waals surface area contributed by atoms with Gasteiger partial charge in [-0.25, -0.2) is 0 Å². The molecule has 0 saturated carbocycles. The molecule has 2 N–H and O–H groups in total. The Balaban J connectivity index is 2.17. The molecular formula is C14H12O3. The molecule has 0 aromatic heterocycles. The van der Waals surface area contributed by atoms with E-state index in [0.29, 0.717) is 12.8 Å². The van der Waals surface area contributed by atoms with Gasteiger partial charge in [0, 0.05) is 24.0 Å². The largest absolute Gasteiger partial charge is 0.508 e. The number of phenolic OH excluding ortho intramolecular Hbond substituents is 2. The Morgan fingerprint density at radius 3 is 2.82 bits per heavy atom. The van der Waals surface area contributed by atoms with E-state index >= 15 is 0 Å². The molecule has 86 valence electrons. The van der Waals surface area contributed by atoms with Crippen LogP contribution in [0.4, 0.5) is 0 Å². The predicted octanol–water partition coefficient (Wildman–Crippen LogP) is 2.19. The van der Waals surface area contributed by atoms with Crippen LogP contribution in [0.1, 0.15) is 23.5 Å². The third-order valence-electron chi connectivity index (χ3n) is 3.40. The van der Waals surface area contributed by atoms with E-state index in [1.54, 1.807) is 12.1 Å². The zero-order valence-corrected chi connectivity index (χ0v) is 9.18. The SMILES string of the molecule is O=C1C=CC2=CCc3cc(O)cc(O)c3C2C1. The lowest BCUT2D eigenvalue weighted by Crippen LogP contribution is -2.16. The van der Waals surface area contributed by atoms with Crippen molar-refractivity contribution in [2.24, 2.45) is 0 Å². The van der Waals surface area contributed by atoms with E-state index in [-0.39, 0.29) is 23.2 Å². The van der Waals surface area contributed by atoms with Gasteiger partial charge in [-0.1, -0.05) is 12.2 Å². The minimum Gasteiger partial charge on any atom is -0.508 e. The van der Waals surface area contributed by atoms with E-state index in [4.69, 9.17) is 0 Å². The van der Waals surface area contributed by atoms with Gasteiger partial charge in [0.25, 0.3) is 0 Å². The second kappa shape index (κ2) is 3.48. The smallest absolute Gasteiger partial charge is 0.156 e. The maximum absolute atomic E-state index is 11.5. The number of phenols is 2. The molecule has 0 radical (unpaired) electrons. The van der Waals surface area contributed by atoms with Crippen LogP contribution >= 0.6 is 0 Å². The number of carbonyl (C=O) groups is 1. The topological polar surface area (TPSA) is 57.5 Å². The van der Waals surface area contributed by atoms with E-state index in [9.17, 15) is 15.0 Å². The molecule has 0 saturated heterocycles. The maximum atomic E-state index is 11.5. The third kappa shape index (κ3) is 1.55. The van der Waals surface area contributed by atoms with E-state index in [2.05, 4.69) is 6.08 Å². The summed E-state index contributed by atoms with van der Waals surface area (Å²) in [5.74, 6) is 0.166. The standard InChI is InChI=1S/C14H12O3/c15-10-4-3-8-1-2-9-5-11(16)7-13(17)14(9)12(8)6-10/h1,3-5,7,12,16-17H,2,6H2. The molecule has 1 unspecified atom stereocenters. The van der Waals surface area contributed by atoms with Crippen LogP contribution in [-0.2, 0) is 11.2 Å². The molecule has 1 aromatic carbocycles. The fraction of sp³-hybridized carbons (Fsp3) is 0.214. The van der Waals surface area contributed by atoms with Gasteiger partial charge in [0.1, 0.15) is 11.5 Å². The Bertz CT molecular complexity index is 567. The van der Waals surface area contributed by atoms with Crippen molar-refractivity contribution in [3.8, 4) is 11.5 Å². The number of ketones is 1. The van der Waals surface area contributed by atoms with E-state index in [1.807, 2.05) is 6.08 Å². The van der Waals surface area contributed by atoms with Crippen LogP contribution < -0.4 is 0 Å². The summed E-state index contributed by atoms with van der Waals surface area (Å²) in [4.78, 5) is 11.5. The number of rotatable bonds is 0. The first kappa shape index (κ1) is 10.1. The lowest BCUT2D eigenvalue weighted by molar-refractivity contribution is -0.115. The van der Waals surface area contributed by atoms with Gasteiger partial charge in [0.2, 0.25) is 0 Å². The normalized spacial score (nSPS) is 21.8. The van der Waals surface area contributed by atoms with Crippen LogP contribution in [0.2, 0.25) is 0 Å². The summed E-state index contributed by atoms with van der Waals surface area (Å²) in [6.45, 7) is 0. The molecule has 0 heterocycles. The van der Waals surface area contributed by atoms with Crippen molar-refractivity contribution >= 4 is 5.78 Å². The van der Waals surface area contributed by atoms with Crippen molar-refractivity contribution in [3.05, 3.63) is 47.1 Å². The van der Waals surface area contributed by atoms with E-state index in [1.165, 1.54) is 6.07 Å². The second-order valence-electron chi connectivity index (χ2n) is 4.50. The zero-order chi connectivity index (χ0) is 12.0. The molecule has 0 spiro atoms. The van der Waals surface area contributed by atoms with Crippen LogP contribution in [0.25, 0.3) is 0 Å². The minimum absolute atomic E-state index is 0.0585. The molecular weight excluding hydrogens is 216 g/mol. The molecule has 1 aromatic rings. The number of fused-ring (bicyclic) bond motifs is 3. The first-order valence-electron chi connectivity index (χ1n) is 5.61. The van der Waals surface area contributed by atoms with Crippen LogP contribution in [0, 0.1) is 0 Å². The van der Waals surface area contributed by atoms with Gasteiger partial charge in [-0.3, -0.25) is 4.79 Å². The molecule has 3 nitrogen and oxygen atoms in total. The Hall–Kier alpha value is -2.03. The number of benzene rings is 1. The van der Waals surface area contributed by atoms with E-state index < -0.39 is 0 Å². The summed E-state index contributed by atoms with van der Waals surface area (Å²) in [7, 11) is 0. The highest BCUT2D eigenvalue weighted by Gasteiger charge is 2.29. The number of hydrogen-bond acceptors (Lipinski definition) is 3. The summed E-state index contributed by atoms with van der Waals surface area (Å²) in [5.41, 5.74) is 2.77. The average Bonchev–Trinajstić information content (AvgIpc) is 2.27. The van der Waals surface area contributed by atoms with Crippen molar-refractivity contribution in [3.63, 3.8) is 0 Å². The molecule has 3 rings (SSSR count). The Labute approximate surface area is 98.7 Å².